The SMILES string of the molecule is C=C[C@H]1[C@H](O[C@@H]2O[C@H](CO[C@H]3O[C@H](CO)[C@@H](O)[C@H](O)[C@H]3O)[C@@H](O)[C@H](O)[C@H]2O)OC=C(C(=O)OC)[C@H]1C[C@@H]1c2cc(O)c(O)cc2CCN1C(C)=O. The Kier molecular flexibility index (Phi) is 12.2. The average molecular weight is 728 g/mol. The van der Waals surface area contributed by atoms with Crippen LogP contribution in [0.4, 0.5) is 0 Å². The number of methoxy groups -OCH3 is 1. The zero-order chi connectivity index (χ0) is 37.3. The summed E-state index contributed by atoms with van der Waals surface area (Å²) in [6.45, 7) is 4.25. The molecule has 51 heavy (non-hydrogen) atoms. The molecular weight excluding hydrogens is 682 g/mol. The molecule has 2 fully saturated rings. The Morgan fingerprint density at radius 2 is 1.55 bits per heavy atom. The van der Waals surface area contributed by atoms with Crippen LogP contribution in [-0.4, -0.2) is 157 Å². The van der Waals surface area contributed by atoms with E-state index in [0.29, 0.717) is 17.5 Å². The van der Waals surface area contributed by atoms with E-state index in [1.54, 1.807) is 4.90 Å². The van der Waals surface area contributed by atoms with Gasteiger partial charge in [0.15, 0.2) is 24.1 Å². The summed E-state index contributed by atoms with van der Waals surface area (Å²) in [4.78, 5) is 27.4. The van der Waals surface area contributed by atoms with Crippen molar-refractivity contribution in [3.63, 3.8) is 0 Å². The van der Waals surface area contributed by atoms with E-state index in [1.165, 1.54) is 32.2 Å². The highest BCUT2D eigenvalue weighted by Gasteiger charge is 2.50. The zero-order valence-electron chi connectivity index (χ0n) is 27.9. The smallest absolute Gasteiger partial charge is 0.337 e. The molecule has 0 aliphatic carbocycles. The first-order chi connectivity index (χ1) is 24.2. The standard InChI is InChI=1S/C33H45NO17/c1-4-15-17(8-19-16-9-21(38)20(37)7-14(16)5-6-34(19)13(2)36)18(30(45)46-3)11-47-31(15)51-33-29(44)27(42)25(40)23(50-33)12-48-32-28(43)26(41)24(39)22(10-35)49-32/h4,7,9,11,15,17,19,22-29,31-33,35,37-44H,1,5-6,8,10,12H2,2-3H3/t15-,17+,19-,22-,23-,24-,25-,26+,27+,28-,29-,31+,32+,33+/m1/s1. The molecule has 0 radical (unpaired) electrons. The van der Waals surface area contributed by atoms with Crippen molar-refractivity contribution in [3.8, 4) is 11.5 Å². The summed E-state index contributed by atoms with van der Waals surface area (Å²) in [5.41, 5.74) is 1.30. The van der Waals surface area contributed by atoms with E-state index < -0.39 is 111 Å². The highest BCUT2D eigenvalue weighted by Crippen LogP contribution is 2.45. The van der Waals surface area contributed by atoms with E-state index in [4.69, 9.17) is 28.4 Å². The number of esters is 1. The molecule has 284 valence electrons. The molecule has 18 heteroatoms. The Hall–Kier alpha value is -3.40. The van der Waals surface area contributed by atoms with Crippen LogP contribution in [0.3, 0.4) is 0 Å². The van der Waals surface area contributed by atoms with Gasteiger partial charge in [-0.15, -0.1) is 6.58 Å². The number of hydrogen-bond acceptors (Lipinski definition) is 17. The highest BCUT2D eigenvalue weighted by molar-refractivity contribution is 5.89. The maximum absolute atomic E-state index is 13.0. The van der Waals surface area contributed by atoms with Gasteiger partial charge >= 0.3 is 5.97 Å². The molecule has 0 aromatic heterocycles. The van der Waals surface area contributed by atoms with Crippen molar-refractivity contribution < 1.29 is 84.0 Å². The minimum Gasteiger partial charge on any atom is -0.504 e. The number of amides is 1. The monoisotopic (exact) mass is 727 g/mol. The lowest BCUT2D eigenvalue weighted by Crippen LogP contribution is -2.62. The number of benzene rings is 1. The first-order valence-electron chi connectivity index (χ1n) is 16.4. The van der Waals surface area contributed by atoms with Crippen molar-refractivity contribution >= 4 is 11.9 Å². The van der Waals surface area contributed by atoms with Crippen molar-refractivity contribution in [2.24, 2.45) is 11.8 Å². The zero-order valence-corrected chi connectivity index (χ0v) is 27.9. The second kappa shape index (κ2) is 16.1. The first-order valence-corrected chi connectivity index (χ1v) is 16.4. The fourth-order valence-electron chi connectivity index (χ4n) is 7.01. The Balaban J connectivity index is 1.37. The van der Waals surface area contributed by atoms with E-state index in [2.05, 4.69) is 6.58 Å². The topological polar surface area (TPSA) is 275 Å². The van der Waals surface area contributed by atoms with Gasteiger partial charge in [-0.05, 0) is 36.1 Å². The van der Waals surface area contributed by atoms with Gasteiger partial charge in [-0.3, -0.25) is 4.79 Å². The number of fused-ring (bicyclic) bond motifs is 1. The summed E-state index contributed by atoms with van der Waals surface area (Å²) in [7, 11) is 1.18. The molecule has 4 aliphatic heterocycles. The summed E-state index contributed by atoms with van der Waals surface area (Å²) in [5, 5.41) is 92.6. The maximum Gasteiger partial charge on any atom is 0.337 e. The van der Waals surface area contributed by atoms with Gasteiger partial charge in [-0.25, -0.2) is 4.79 Å². The largest absolute Gasteiger partial charge is 0.504 e. The molecule has 0 spiro atoms. The minimum atomic E-state index is -1.85. The second-order valence-corrected chi connectivity index (χ2v) is 12.9. The molecule has 0 bridgehead atoms. The van der Waals surface area contributed by atoms with Crippen molar-refractivity contribution in [2.75, 3.05) is 26.9 Å². The number of phenolic OH excluding ortho intramolecular Hbond substituents is 2. The highest BCUT2D eigenvalue weighted by atomic mass is 16.8. The summed E-state index contributed by atoms with van der Waals surface area (Å²) in [5.74, 6) is -3.45. The Bertz CT molecular complexity index is 1450. The van der Waals surface area contributed by atoms with Crippen molar-refractivity contribution in [1.29, 1.82) is 0 Å². The quantitative estimate of drug-likeness (QED) is 0.0679. The molecule has 1 aromatic rings. The van der Waals surface area contributed by atoms with Gasteiger partial charge in [0.1, 0.15) is 48.8 Å². The summed E-state index contributed by atoms with van der Waals surface area (Å²) in [6.07, 6.45) is -14.9. The van der Waals surface area contributed by atoms with Gasteiger partial charge < -0.3 is 79.3 Å². The van der Waals surface area contributed by atoms with Crippen LogP contribution in [0, 0.1) is 11.8 Å². The number of hydrogen-bond donors (Lipinski definition) is 9. The predicted octanol–water partition coefficient (Wildman–Crippen LogP) is -2.59. The van der Waals surface area contributed by atoms with Crippen LogP contribution in [0.5, 0.6) is 11.5 Å². The summed E-state index contributed by atoms with van der Waals surface area (Å²) >= 11 is 0. The van der Waals surface area contributed by atoms with E-state index >= 15 is 0 Å². The Morgan fingerprint density at radius 1 is 0.922 bits per heavy atom. The second-order valence-electron chi connectivity index (χ2n) is 12.9. The summed E-state index contributed by atoms with van der Waals surface area (Å²) in [6, 6.07) is 2.09. The van der Waals surface area contributed by atoms with E-state index in [9.17, 15) is 55.5 Å². The lowest BCUT2D eigenvalue weighted by Gasteiger charge is -2.45. The van der Waals surface area contributed by atoms with Gasteiger partial charge in [0.25, 0.3) is 0 Å². The fourth-order valence-corrected chi connectivity index (χ4v) is 7.01. The van der Waals surface area contributed by atoms with Crippen molar-refractivity contribution in [2.45, 2.75) is 93.5 Å². The minimum absolute atomic E-state index is 0.0581. The third kappa shape index (κ3) is 7.72. The van der Waals surface area contributed by atoms with E-state index in [0.717, 1.165) is 6.26 Å². The first kappa shape index (κ1) is 38.8. The third-order valence-electron chi connectivity index (χ3n) is 9.89. The Morgan fingerprint density at radius 3 is 2.18 bits per heavy atom. The number of aliphatic hydroxyl groups is 7. The predicted molar refractivity (Wildman–Crippen MR) is 168 cm³/mol. The molecular formula is C33H45NO17. The van der Waals surface area contributed by atoms with Gasteiger partial charge in [0.2, 0.25) is 12.2 Å². The molecule has 4 aliphatic rings. The van der Waals surface area contributed by atoms with Gasteiger partial charge in [-0.1, -0.05) is 6.08 Å². The van der Waals surface area contributed by atoms with Gasteiger partial charge in [0, 0.05) is 25.3 Å². The van der Waals surface area contributed by atoms with Crippen LogP contribution < -0.4 is 0 Å². The molecule has 2 saturated heterocycles. The van der Waals surface area contributed by atoms with Gasteiger partial charge in [-0.2, -0.15) is 0 Å². The van der Waals surface area contributed by atoms with E-state index in [-0.39, 0.29) is 30.2 Å². The molecule has 0 unspecified atom stereocenters. The van der Waals surface area contributed by atoms with E-state index in [1.807, 2.05) is 0 Å². The number of phenols is 2. The third-order valence-corrected chi connectivity index (χ3v) is 9.89. The molecule has 14 atom stereocenters. The fraction of sp³-hybridized carbons (Fsp3) is 0.636. The number of ether oxygens (including phenoxy) is 6. The number of nitrogens with zero attached hydrogens (tertiary/aromatic N) is 1. The molecule has 5 rings (SSSR count). The van der Waals surface area contributed by atoms with Crippen molar-refractivity contribution in [1.82, 2.24) is 4.90 Å². The van der Waals surface area contributed by atoms with Crippen LogP contribution in [0.2, 0.25) is 0 Å². The number of aromatic hydroxyl groups is 2. The molecule has 9 N–H and O–H groups in total. The van der Waals surface area contributed by atoms with Crippen molar-refractivity contribution in [3.05, 3.63) is 47.7 Å². The summed E-state index contributed by atoms with van der Waals surface area (Å²) < 4.78 is 33.4. The van der Waals surface area contributed by atoms with Gasteiger partial charge in [0.05, 0.1) is 38.2 Å². The maximum atomic E-state index is 13.0. The lowest BCUT2D eigenvalue weighted by atomic mass is 9.76. The lowest BCUT2D eigenvalue weighted by molar-refractivity contribution is -0.352. The molecule has 4 heterocycles. The molecule has 0 saturated carbocycles. The molecule has 1 amide bonds. The normalized spacial score (nSPS) is 38.2. The van der Waals surface area contributed by atoms with Crippen LogP contribution in [-0.2, 0) is 44.4 Å². The van der Waals surface area contributed by atoms with Crippen LogP contribution in [0.25, 0.3) is 0 Å². The molecule has 18 nitrogen and oxygen atoms in total. The van der Waals surface area contributed by atoms with Crippen LogP contribution >= 0.6 is 0 Å². The number of carbonyl (C=O) groups is 2. The number of carbonyl (C=O) groups excluding carboxylic acids is 2. The number of rotatable bonds is 10. The van der Waals surface area contributed by atoms with Crippen LogP contribution in [0.15, 0.2) is 36.6 Å². The van der Waals surface area contributed by atoms with Crippen LogP contribution in [0.1, 0.15) is 30.5 Å². The Labute approximate surface area is 292 Å². The molecule has 1 aromatic carbocycles. The average Bonchev–Trinajstić information content (AvgIpc) is 3.11. The number of aliphatic hydroxyl groups excluding tert-OH is 7.